The number of amides is 1. The molecule has 0 saturated heterocycles. The molecule has 0 aromatic heterocycles. The van der Waals surface area contributed by atoms with E-state index in [1.165, 1.54) is 0 Å². The molecule has 0 fully saturated rings. The van der Waals surface area contributed by atoms with Crippen LogP contribution in [0.2, 0.25) is 0 Å². The van der Waals surface area contributed by atoms with E-state index in [1.807, 2.05) is 44.1 Å². The van der Waals surface area contributed by atoms with Crippen molar-refractivity contribution in [3.8, 4) is 0 Å². The molecule has 1 unspecified atom stereocenters. The predicted molar refractivity (Wildman–Crippen MR) is 75.6 cm³/mol. The largest absolute Gasteiger partial charge is 0.376 e. The molecule has 1 aromatic carbocycles. The van der Waals surface area contributed by atoms with Crippen molar-refractivity contribution < 1.29 is 4.79 Å². The maximum Gasteiger partial charge on any atom is 0.241 e. The number of benzene rings is 1. The Balaban J connectivity index is 2.96. The lowest BCUT2D eigenvalue weighted by atomic mass is 10.2. The van der Waals surface area contributed by atoms with Crippen LogP contribution < -0.4 is 15.5 Å². The van der Waals surface area contributed by atoms with Crippen LogP contribution in [0, 0.1) is 0 Å². The molecule has 1 amide bonds. The molecule has 0 spiro atoms. The van der Waals surface area contributed by atoms with E-state index in [0.29, 0.717) is 0 Å². The van der Waals surface area contributed by atoms with Gasteiger partial charge in [0.2, 0.25) is 5.91 Å². The summed E-state index contributed by atoms with van der Waals surface area (Å²) in [6, 6.07) is 5.59. The van der Waals surface area contributed by atoms with Crippen molar-refractivity contribution in [2.45, 2.75) is 13.0 Å². The minimum atomic E-state index is -0.219. The fourth-order valence-electron chi connectivity index (χ4n) is 1.37. The lowest BCUT2D eigenvalue weighted by Gasteiger charge is -2.19. The fraction of sp³-hybridized carbons (Fsp3) is 0.417. The van der Waals surface area contributed by atoms with Gasteiger partial charge in [0.25, 0.3) is 0 Å². The van der Waals surface area contributed by atoms with Gasteiger partial charge in [-0.1, -0.05) is 15.9 Å². The summed E-state index contributed by atoms with van der Waals surface area (Å²) in [6.07, 6.45) is 0. The van der Waals surface area contributed by atoms with Gasteiger partial charge in [-0.25, -0.2) is 0 Å². The van der Waals surface area contributed by atoms with E-state index in [1.54, 1.807) is 7.05 Å². The zero-order valence-electron chi connectivity index (χ0n) is 10.5. The molecule has 4 nitrogen and oxygen atoms in total. The number of carbonyl (C=O) groups excluding carboxylic acids is 1. The summed E-state index contributed by atoms with van der Waals surface area (Å²) in [4.78, 5) is 13.8. The zero-order chi connectivity index (χ0) is 13.0. The Labute approximate surface area is 111 Å². The summed E-state index contributed by atoms with van der Waals surface area (Å²) in [7, 11) is 5.65. The molecule has 1 aromatic rings. The zero-order valence-corrected chi connectivity index (χ0v) is 12.1. The van der Waals surface area contributed by atoms with E-state index in [-0.39, 0.29) is 11.9 Å². The number of halogens is 1. The molecule has 0 aliphatic carbocycles. The number of anilines is 2. The lowest BCUT2D eigenvalue weighted by Crippen LogP contribution is -2.35. The fourth-order valence-corrected chi connectivity index (χ4v) is 1.73. The first kappa shape index (κ1) is 14.0. The number of nitrogens with zero attached hydrogens (tertiary/aromatic N) is 1. The average Bonchev–Trinajstić information content (AvgIpc) is 2.27. The third kappa shape index (κ3) is 3.71. The van der Waals surface area contributed by atoms with Gasteiger partial charge < -0.3 is 15.5 Å². The van der Waals surface area contributed by atoms with E-state index in [0.717, 1.165) is 15.8 Å². The highest BCUT2D eigenvalue weighted by atomic mass is 79.9. The van der Waals surface area contributed by atoms with E-state index in [9.17, 15) is 4.79 Å². The van der Waals surface area contributed by atoms with Crippen LogP contribution in [0.15, 0.2) is 22.7 Å². The van der Waals surface area contributed by atoms with Gasteiger partial charge in [-0.05, 0) is 32.2 Å². The van der Waals surface area contributed by atoms with Crippen molar-refractivity contribution in [1.82, 2.24) is 5.32 Å². The second kappa shape index (κ2) is 6.02. The molecule has 0 aliphatic heterocycles. The number of carbonyl (C=O) groups is 1. The third-order valence-corrected chi connectivity index (χ3v) is 3.02. The number of hydrogen-bond donors (Lipinski definition) is 2. The average molecular weight is 300 g/mol. The van der Waals surface area contributed by atoms with Gasteiger partial charge in [0.15, 0.2) is 0 Å². The second-order valence-electron chi connectivity index (χ2n) is 4.06. The molecule has 5 heteroatoms. The summed E-state index contributed by atoms with van der Waals surface area (Å²) in [5.74, 6) is -0.0475. The minimum absolute atomic E-state index is 0.0475. The first-order valence-corrected chi connectivity index (χ1v) is 6.20. The molecule has 0 radical (unpaired) electrons. The second-order valence-corrected chi connectivity index (χ2v) is 4.97. The Kier molecular flexibility index (Phi) is 4.96. The molecule has 0 bridgehead atoms. The highest BCUT2D eigenvalue weighted by Gasteiger charge is 2.13. The van der Waals surface area contributed by atoms with E-state index >= 15 is 0 Å². The van der Waals surface area contributed by atoms with Gasteiger partial charge in [-0.3, -0.25) is 4.79 Å². The van der Waals surface area contributed by atoms with Crippen LogP contribution in [0.25, 0.3) is 0 Å². The van der Waals surface area contributed by atoms with Crippen LogP contribution in [0.4, 0.5) is 11.4 Å². The highest BCUT2D eigenvalue weighted by Crippen LogP contribution is 2.28. The number of likely N-dealkylation sites (N-methyl/N-ethyl adjacent to an activating group) is 1. The summed E-state index contributed by atoms with van der Waals surface area (Å²) >= 11 is 3.40. The molecule has 1 rings (SSSR count). The molecule has 2 N–H and O–H groups in total. The van der Waals surface area contributed by atoms with Crippen LogP contribution in [-0.4, -0.2) is 33.1 Å². The van der Waals surface area contributed by atoms with Gasteiger partial charge in [0, 0.05) is 18.6 Å². The van der Waals surface area contributed by atoms with Gasteiger partial charge in [-0.2, -0.15) is 0 Å². The maximum absolute atomic E-state index is 11.8. The third-order valence-electron chi connectivity index (χ3n) is 2.52. The maximum atomic E-state index is 11.8. The summed E-state index contributed by atoms with van der Waals surface area (Å²) < 4.78 is 0.940. The molecule has 17 heavy (non-hydrogen) atoms. The minimum Gasteiger partial charge on any atom is -0.376 e. The smallest absolute Gasteiger partial charge is 0.241 e. The molecule has 0 heterocycles. The van der Waals surface area contributed by atoms with Crippen molar-refractivity contribution >= 4 is 33.2 Å². The Morgan fingerprint density at radius 2 is 2.06 bits per heavy atom. The van der Waals surface area contributed by atoms with E-state index < -0.39 is 0 Å². The Hall–Kier alpha value is -1.07. The van der Waals surface area contributed by atoms with Gasteiger partial charge in [-0.15, -0.1) is 0 Å². The van der Waals surface area contributed by atoms with Gasteiger partial charge >= 0.3 is 0 Å². The van der Waals surface area contributed by atoms with Crippen LogP contribution in [0.5, 0.6) is 0 Å². The number of rotatable bonds is 4. The van der Waals surface area contributed by atoms with Crippen molar-refractivity contribution in [2.24, 2.45) is 0 Å². The van der Waals surface area contributed by atoms with Crippen molar-refractivity contribution in [1.29, 1.82) is 0 Å². The molecule has 0 saturated carbocycles. The lowest BCUT2D eigenvalue weighted by molar-refractivity contribution is -0.117. The monoisotopic (exact) mass is 299 g/mol. The van der Waals surface area contributed by atoms with E-state index in [4.69, 9.17) is 0 Å². The highest BCUT2D eigenvalue weighted by molar-refractivity contribution is 9.10. The van der Waals surface area contributed by atoms with Crippen molar-refractivity contribution in [3.05, 3.63) is 22.7 Å². The number of nitrogens with one attached hydrogen (secondary N) is 2. The first-order valence-electron chi connectivity index (χ1n) is 5.40. The van der Waals surface area contributed by atoms with Crippen molar-refractivity contribution in [3.63, 3.8) is 0 Å². The summed E-state index contributed by atoms with van der Waals surface area (Å²) in [5, 5.41) is 5.82. The van der Waals surface area contributed by atoms with Crippen molar-refractivity contribution in [2.75, 3.05) is 31.4 Å². The van der Waals surface area contributed by atoms with Gasteiger partial charge in [0.1, 0.15) is 0 Å². The normalized spacial score (nSPS) is 12.1. The van der Waals surface area contributed by atoms with Crippen LogP contribution in [-0.2, 0) is 4.79 Å². The SMILES string of the molecule is CNC(C)C(=O)Nc1cc(Br)ccc1N(C)C. The Bertz CT molecular complexity index is 407. The molecule has 0 aliphatic rings. The molecule has 94 valence electrons. The van der Waals surface area contributed by atoms with Gasteiger partial charge in [0.05, 0.1) is 17.4 Å². The Morgan fingerprint density at radius 3 is 2.59 bits per heavy atom. The predicted octanol–water partition coefficient (Wildman–Crippen LogP) is 2.06. The van der Waals surface area contributed by atoms with E-state index in [2.05, 4.69) is 26.6 Å². The molecular formula is C12H18BrN3O. The van der Waals surface area contributed by atoms with Crippen LogP contribution in [0.1, 0.15) is 6.92 Å². The van der Waals surface area contributed by atoms with Crippen LogP contribution >= 0.6 is 15.9 Å². The topological polar surface area (TPSA) is 44.4 Å². The molecule has 1 atom stereocenters. The number of hydrogen-bond acceptors (Lipinski definition) is 3. The Morgan fingerprint density at radius 1 is 1.41 bits per heavy atom. The standard InChI is InChI=1S/C12H18BrN3O/c1-8(14-2)12(17)15-10-7-9(13)5-6-11(10)16(3)4/h5-8,14H,1-4H3,(H,15,17). The van der Waals surface area contributed by atoms with Crippen LogP contribution in [0.3, 0.4) is 0 Å². The quantitative estimate of drug-likeness (QED) is 0.894. The molecular weight excluding hydrogens is 282 g/mol. The summed E-state index contributed by atoms with van der Waals surface area (Å²) in [5.41, 5.74) is 1.78. The summed E-state index contributed by atoms with van der Waals surface area (Å²) in [6.45, 7) is 1.82. The first-order chi connectivity index (χ1) is 7.95.